The summed E-state index contributed by atoms with van der Waals surface area (Å²) in [6, 6.07) is 14.2. The highest BCUT2D eigenvalue weighted by molar-refractivity contribution is 5.43. The van der Waals surface area contributed by atoms with Gasteiger partial charge in [-0.1, -0.05) is 30.3 Å². The molecule has 0 aliphatic rings. The van der Waals surface area contributed by atoms with Gasteiger partial charge in [-0.05, 0) is 37.0 Å². The van der Waals surface area contributed by atoms with Crippen LogP contribution < -0.4 is 4.74 Å². The van der Waals surface area contributed by atoms with Crippen molar-refractivity contribution in [1.82, 2.24) is 4.98 Å². The quantitative estimate of drug-likeness (QED) is 0.767. The third-order valence-electron chi connectivity index (χ3n) is 2.93. The Hall–Kier alpha value is -2.34. The average Bonchev–Trinajstić information content (AvgIpc) is 2.45. The van der Waals surface area contributed by atoms with E-state index in [1.54, 1.807) is 6.20 Å². The molecular formula is C16H16N2O. The average molecular weight is 252 g/mol. The minimum atomic E-state index is 0.440. The number of pyridine rings is 1. The number of rotatable bonds is 5. The van der Waals surface area contributed by atoms with Crippen LogP contribution in [0.5, 0.6) is 5.88 Å². The Morgan fingerprint density at radius 1 is 1.21 bits per heavy atom. The lowest BCUT2D eigenvalue weighted by Gasteiger charge is -2.08. The molecule has 1 heterocycles. The maximum atomic E-state index is 9.06. The van der Waals surface area contributed by atoms with Crippen LogP contribution in [0, 0.1) is 18.3 Å². The molecule has 0 N–H and O–H groups in total. The van der Waals surface area contributed by atoms with E-state index in [4.69, 9.17) is 10.00 Å². The maximum Gasteiger partial charge on any atom is 0.231 e. The van der Waals surface area contributed by atoms with Gasteiger partial charge < -0.3 is 4.74 Å². The largest absolute Gasteiger partial charge is 0.477 e. The monoisotopic (exact) mass is 252 g/mol. The van der Waals surface area contributed by atoms with E-state index >= 15 is 0 Å². The molecular weight excluding hydrogens is 236 g/mol. The molecule has 0 radical (unpaired) electrons. The van der Waals surface area contributed by atoms with E-state index < -0.39 is 0 Å². The minimum absolute atomic E-state index is 0.440. The van der Waals surface area contributed by atoms with E-state index in [-0.39, 0.29) is 0 Å². The summed E-state index contributed by atoms with van der Waals surface area (Å²) >= 11 is 0. The Morgan fingerprint density at radius 2 is 2.00 bits per heavy atom. The highest BCUT2D eigenvalue weighted by Gasteiger charge is 2.07. The highest BCUT2D eigenvalue weighted by Crippen LogP contribution is 2.17. The molecule has 1 aromatic carbocycles. The Balaban J connectivity index is 1.87. The summed E-state index contributed by atoms with van der Waals surface area (Å²) in [4.78, 5) is 4.11. The van der Waals surface area contributed by atoms with Gasteiger partial charge in [-0.2, -0.15) is 5.26 Å². The fourth-order valence-electron chi connectivity index (χ4n) is 1.87. The van der Waals surface area contributed by atoms with Gasteiger partial charge in [-0.15, -0.1) is 0 Å². The molecule has 0 aliphatic heterocycles. The van der Waals surface area contributed by atoms with Crippen molar-refractivity contribution in [2.45, 2.75) is 19.8 Å². The fourth-order valence-corrected chi connectivity index (χ4v) is 1.87. The zero-order chi connectivity index (χ0) is 13.5. The predicted octanol–water partition coefficient (Wildman–Crippen LogP) is 3.27. The van der Waals surface area contributed by atoms with Crippen LogP contribution in [0.4, 0.5) is 0 Å². The van der Waals surface area contributed by atoms with Gasteiger partial charge in [0.15, 0.2) is 0 Å². The summed E-state index contributed by atoms with van der Waals surface area (Å²) in [5.74, 6) is 0.440. The van der Waals surface area contributed by atoms with Crippen LogP contribution >= 0.6 is 0 Å². The lowest BCUT2D eigenvalue weighted by Crippen LogP contribution is -2.03. The minimum Gasteiger partial charge on any atom is -0.477 e. The number of hydrogen-bond acceptors (Lipinski definition) is 3. The number of nitrogens with zero attached hydrogens (tertiary/aromatic N) is 2. The summed E-state index contributed by atoms with van der Waals surface area (Å²) in [6.45, 7) is 2.46. The normalized spacial score (nSPS) is 9.89. The first-order valence-corrected chi connectivity index (χ1v) is 6.33. The fraction of sp³-hybridized carbons (Fsp3) is 0.250. The molecule has 3 nitrogen and oxygen atoms in total. The van der Waals surface area contributed by atoms with Gasteiger partial charge in [0.05, 0.1) is 6.61 Å². The van der Waals surface area contributed by atoms with Gasteiger partial charge in [0.2, 0.25) is 5.88 Å². The van der Waals surface area contributed by atoms with Crippen LogP contribution in [0.25, 0.3) is 0 Å². The molecule has 96 valence electrons. The molecule has 0 unspecified atom stereocenters. The van der Waals surface area contributed by atoms with E-state index in [0.29, 0.717) is 18.1 Å². The number of hydrogen-bond donors (Lipinski definition) is 0. The molecule has 0 atom stereocenters. The molecule has 2 aromatic rings. The predicted molar refractivity (Wildman–Crippen MR) is 73.9 cm³/mol. The third-order valence-corrected chi connectivity index (χ3v) is 2.93. The maximum absolute atomic E-state index is 9.06. The van der Waals surface area contributed by atoms with E-state index in [1.165, 1.54) is 5.56 Å². The number of ether oxygens (including phenoxy) is 1. The molecule has 0 saturated carbocycles. The Labute approximate surface area is 113 Å². The number of nitriles is 1. The van der Waals surface area contributed by atoms with Gasteiger partial charge in [0.25, 0.3) is 0 Å². The molecule has 0 fully saturated rings. The van der Waals surface area contributed by atoms with Crippen LogP contribution in [-0.4, -0.2) is 11.6 Å². The molecule has 0 aliphatic carbocycles. The smallest absolute Gasteiger partial charge is 0.231 e. The van der Waals surface area contributed by atoms with Gasteiger partial charge in [-0.3, -0.25) is 0 Å². The van der Waals surface area contributed by atoms with Gasteiger partial charge in [0, 0.05) is 6.20 Å². The lowest BCUT2D eigenvalue weighted by atomic mass is 10.1. The van der Waals surface area contributed by atoms with Crippen molar-refractivity contribution in [2.75, 3.05) is 6.61 Å². The van der Waals surface area contributed by atoms with Crippen LogP contribution in [0.3, 0.4) is 0 Å². The molecule has 19 heavy (non-hydrogen) atoms. The summed E-state index contributed by atoms with van der Waals surface area (Å²) in [5, 5.41) is 9.06. The summed E-state index contributed by atoms with van der Waals surface area (Å²) in [7, 11) is 0. The van der Waals surface area contributed by atoms with Crippen molar-refractivity contribution < 1.29 is 4.74 Å². The zero-order valence-electron chi connectivity index (χ0n) is 11.0. The Kier molecular flexibility index (Phi) is 4.52. The first kappa shape index (κ1) is 13.1. The lowest BCUT2D eigenvalue weighted by molar-refractivity contribution is 0.298. The van der Waals surface area contributed by atoms with E-state index in [9.17, 15) is 0 Å². The molecule has 0 amide bonds. The molecule has 1 aromatic heterocycles. The summed E-state index contributed by atoms with van der Waals surface area (Å²) in [5.41, 5.74) is 2.72. The second-order valence-electron chi connectivity index (χ2n) is 4.36. The molecule has 3 heteroatoms. The SMILES string of the molecule is Cc1ccnc(OCCCc2ccccc2)c1C#N. The second kappa shape index (κ2) is 6.55. The van der Waals surface area contributed by atoms with Crippen LogP contribution in [0.2, 0.25) is 0 Å². The Bertz CT molecular complexity index is 573. The van der Waals surface area contributed by atoms with Crippen LogP contribution in [0.1, 0.15) is 23.1 Å². The number of aryl methyl sites for hydroxylation is 2. The Morgan fingerprint density at radius 3 is 2.74 bits per heavy atom. The van der Waals surface area contributed by atoms with Crippen molar-refractivity contribution in [2.24, 2.45) is 0 Å². The third kappa shape index (κ3) is 3.56. The number of benzene rings is 1. The summed E-state index contributed by atoms with van der Waals surface area (Å²) < 4.78 is 5.60. The first-order chi connectivity index (χ1) is 9.31. The van der Waals surface area contributed by atoms with Gasteiger partial charge >= 0.3 is 0 Å². The van der Waals surface area contributed by atoms with E-state index in [2.05, 4.69) is 23.2 Å². The number of aromatic nitrogens is 1. The van der Waals surface area contributed by atoms with E-state index in [0.717, 1.165) is 18.4 Å². The summed E-state index contributed by atoms with van der Waals surface area (Å²) in [6.07, 6.45) is 3.54. The van der Waals surface area contributed by atoms with Crippen molar-refractivity contribution in [3.05, 3.63) is 59.3 Å². The van der Waals surface area contributed by atoms with Crippen molar-refractivity contribution >= 4 is 0 Å². The van der Waals surface area contributed by atoms with Gasteiger partial charge in [-0.25, -0.2) is 4.98 Å². The molecule has 0 bridgehead atoms. The van der Waals surface area contributed by atoms with E-state index in [1.807, 2.05) is 31.2 Å². The standard InChI is InChI=1S/C16H16N2O/c1-13-9-10-18-16(15(13)12-17)19-11-5-8-14-6-3-2-4-7-14/h2-4,6-7,9-10H,5,8,11H2,1H3. The topological polar surface area (TPSA) is 45.9 Å². The van der Waals surface area contributed by atoms with Gasteiger partial charge in [0.1, 0.15) is 11.6 Å². The first-order valence-electron chi connectivity index (χ1n) is 6.33. The highest BCUT2D eigenvalue weighted by atomic mass is 16.5. The van der Waals surface area contributed by atoms with Crippen molar-refractivity contribution in [1.29, 1.82) is 5.26 Å². The van der Waals surface area contributed by atoms with Crippen molar-refractivity contribution in [3.8, 4) is 11.9 Å². The van der Waals surface area contributed by atoms with Crippen molar-refractivity contribution in [3.63, 3.8) is 0 Å². The molecule has 2 rings (SSSR count). The molecule has 0 spiro atoms. The molecule has 0 saturated heterocycles. The van der Waals surface area contributed by atoms with Crippen LogP contribution in [0.15, 0.2) is 42.6 Å². The second-order valence-corrected chi connectivity index (χ2v) is 4.36. The van der Waals surface area contributed by atoms with Crippen LogP contribution in [-0.2, 0) is 6.42 Å². The zero-order valence-corrected chi connectivity index (χ0v) is 11.0.